The molecule has 0 aliphatic heterocycles. The Hall–Kier alpha value is -1.58. The maximum Gasteiger partial charge on any atom is 0.253 e. The monoisotopic (exact) mass is 263 g/mol. The maximum atomic E-state index is 12.3. The second kappa shape index (κ2) is 7.77. The highest BCUT2D eigenvalue weighted by Crippen LogP contribution is 2.13. The molecule has 0 radical (unpaired) electrons. The van der Waals surface area contributed by atoms with Crippen molar-refractivity contribution in [2.45, 2.75) is 40.0 Å². The van der Waals surface area contributed by atoms with E-state index in [9.17, 15) is 4.79 Å². The first-order valence-corrected chi connectivity index (χ1v) is 7.12. The van der Waals surface area contributed by atoms with Gasteiger partial charge in [-0.15, -0.1) is 0 Å². The van der Waals surface area contributed by atoms with Crippen molar-refractivity contribution >= 4 is 11.7 Å². The number of amides is 1. The highest BCUT2D eigenvalue weighted by Gasteiger charge is 2.13. The summed E-state index contributed by atoms with van der Waals surface area (Å²) in [7, 11) is 1.86. The van der Waals surface area contributed by atoms with Gasteiger partial charge in [0.1, 0.15) is 5.82 Å². The molecule has 0 fully saturated rings. The van der Waals surface area contributed by atoms with Crippen molar-refractivity contribution in [3.05, 3.63) is 23.4 Å². The number of nitrogens with zero attached hydrogens (tertiary/aromatic N) is 2. The molecule has 0 unspecified atom stereocenters. The molecule has 1 heterocycles. The van der Waals surface area contributed by atoms with Crippen molar-refractivity contribution in [2.75, 3.05) is 25.5 Å². The molecule has 106 valence electrons. The Morgan fingerprint density at radius 3 is 2.63 bits per heavy atom. The molecule has 4 heteroatoms. The van der Waals surface area contributed by atoms with E-state index in [0.29, 0.717) is 0 Å². The molecule has 0 bridgehead atoms. The van der Waals surface area contributed by atoms with Crippen molar-refractivity contribution in [3.63, 3.8) is 0 Å². The van der Waals surface area contributed by atoms with E-state index in [1.807, 2.05) is 33.0 Å². The molecule has 1 amide bonds. The van der Waals surface area contributed by atoms with E-state index >= 15 is 0 Å². The van der Waals surface area contributed by atoms with Gasteiger partial charge >= 0.3 is 0 Å². The van der Waals surface area contributed by atoms with Crippen LogP contribution in [0.25, 0.3) is 0 Å². The first-order chi connectivity index (χ1) is 9.12. The molecule has 0 saturated carbocycles. The zero-order chi connectivity index (χ0) is 14.3. The topological polar surface area (TPSA) is 45.2 Å². The normalized spacial score (nSPS) is 10.3. The molecular weight excluding hydrogens is 238 g/mol. The number of rotatable bonds is 7. The molecule has 0 spiro atoms. The zero-order valence-corrected chi connectivity index (χ0v) is 12.5. The fourth-order valence-electron chi connectivity index (χ4n) is 1.88. The lowest BCUT2D eigenvalue weighted by Gasteiger charge is -2.17. The van der Waals surface area contributed by atoms with Crippen molar-refractivity contribution < 1.29 is 4.79 Å². The number of hydrogen-bond acceptors (Lipinski definition) is 3. The van der Waals surface area contributed by atoms with Crippen LogP contribution in [0, 0.1) is 0 Å². The van der Waals surface area contributed by atoms with Gasteiger partial charge in [-0.2, -0.15) is 0 Å². The molecule has 1 rings (SSSR count). The fraction of sp³-hybridized carbons (Fsp3) is 0.600. The Morgan fingerprint density at radius 2 is 2.05 bits per heavy atom. The van der Waals surface area contributed by atoms with Gasteiger partial charge in [-0.1, -0.05) is 20.3 Å². The van der Waals surface area contributed by atoms with Gasteiger partial charge in [0.2, 0.25) is 0 Å². The highest BCUT2D eigenvalue weighted by molar-refractivity contribution is 5.94. The third-order valence-electron chi connectivity index (χ3n) is 3.04. The summed E-state index contributed by atoms with van der Waals surface area (Å²) >= 11 is 0. The van der Waals surface area contributed by atoms with Crippen LogP contribution in [-0.2, 0) is 6.42 Å². The average Bonchev–Trinajstić information content (AvgIpc) is 2.43. The third-order valence-corrected chi connectivity index (χ3v) is 3.04. The molecule has 0 aromatic carbocycles. The minimum atomic E-state index is 0.0738. The number of anilines is 1. The van der Waals surface area contributed by atoms with Gasteiger partial charge in [-0.3, -0.25) is 4.79 Å². The van der Waals surface area contributed by atoms with Crippen LogP contribution in [0.5, 0.6) is 0 Å². The van der Waals surface area contributed by atoms with E-state index in [2.05, 4.69) is 17.2 Å². The molecule has 0 atom stereocenters. The van der Waals surface area contributed by atoms with Crippen LogP contribution in [-0.4, -0.2) is 35.9 Å². The highest BCUT2D eigenvalue weighted by atomic mass is 16.2. The Kier molecular flexibility index (Phi) is 6.33. The largest absolute Gasteiger partial charge is 0.370 e. The number of hydrogen-bond donors (Lipinski definition) is 1. The second-order valence-corrected chi connectivity index (χ2v) is 4.70. The lowest BCUT2D eigenvalue weighted by Crippen LogP contribution is -2.28. The Balaban J connectivity index is 2.91. The van der Waals surface area contributed by atoms with E-state index in [0.717, 1.165) is 49.4 Å². The molecule has 19 heavy (non-hydrogen) atoms. The number of nitrogens with one attached hydrogen (secondary N) is 1. The summed E-state index contributed by atoms with van der Waals surface area (Å²) < 4.78 is 0. The van der Waals surface area contributed by atoms with Crippen LogP contribution in [0.15, 0.2) is 12.1 Å². The predicted octanol–water partition coefficient (Wildman–Crippen LogP) is 2.95. The van der Waals surface area contributed by atoms with Gasteiger partial charge in [0.05, 0.1) is 0 Å². The minimum Gasteiger partial charge on any atom is -0.370 e. The number of aryl methyl sites for hydroxylation is 1. The molecule has 1 N–H and O–H groups in total. The van der Waals surface area contributed by atoms with Crippen LogP contribution >= 0.6 is 0 Å². The van der Waals surface area contributed by atoms with Gasteiger partial charge in [-0.25, -0.2) is 4.98 Å². The quantitative estimate of drug-likeness (QED) is 0.822. The molecular formula is C15H25N3O. The lowest BCUT2D eigenvalue weighted by atomic mass is 10.1. The maximum absolute atomic E-state index is 12.3. The van der Waals surface area contributed by atoms with Gasteiger partial charge in [0.15, 0.2) is 0 Å². The average molecular weight is 263 g/mol. The smallest absolute Gasteiger partial charge is 0.253 e. The van der Waals surface area contributed by atoms with Crippen LogP contribution in [0.4, 0.5) is 5.82 Å². The Bertz CT molecular complexity index is 418. The van der Waals surface area contributed by atoms with E-state index in [1.165, 1.54) is 0 Å². The number of carbonyl (C=O) groups is 1. The third kappa shape index (κ3) is 4.54. The standard InChI is InChI=1S/C15H25N3O/c1-5-8-9-18(4)15(19)12-10-13(6-2)17-14(11-12)16-7-3/h10-11H,5-9H2,1-4H3,(H,16,17). The second-order valence-electron chi connectivity index (χ2n) is 4.70. The van der Waals surface area contributed by atoms with Crippen LogP contribution in [0.1, 0.15) is 49.7 Å². The van der Waals surface area contributed by atoms with Crippen LogP contribution in [0.3, 0.4) is 0 Å². The summed E-state index contributed by atoms with van der Waals surface area (Å²) in [5.74, 6) is 0.860. The lowest BCUT2D eigenvalue weighted by molar-refractivity contribution is 0.0793. The van der Waals surface area contributed by atoms with Crippen molar-refractivity contribution in [2.24, 2.45) is 0 Å². The van der Waals surface area contributed by atoms with Crippen molar-refractivity contribution in [1.82, 2.24) is 9.88 Å². The molecule has 0 aliphatic carbocycles. The Labute approximate surface area is 116 Å². The minimum absolute atomic E-state index is 0.0738. The van der Waals surface area contributed by atoms with Gasteiger partial charge < -0.3 is 10.2 Å². The number of carbonyl (C=O) groups excluding carboxylic acids is 1. The van der Waals surface area contributed by atoms with Crippen molar-refractivity contribution in [1.29, 1.82) is 0 Å². The molecule has 0 aliphatic rings. The molecule has 0 saturated heterocycles. The molecule has 1 aromatic heterocycles. The molecule has 4 nitrogen and oxygen atoms in total. The van der Waals surface area contributed by atoms with Crippen LogP contribution < -0.4 is 5.32 Å². The predicted molar refractivity (Wildman–Crippen MR) is 79.6 cm³/mol. The zero-order valence-electron chi connectivity index (χ0n) is 12.5. The summed E-state index contributed by atoms with van der Waals surface area (Å²) in [5, 5.41) is 3.18. The molecule has 1 aromatic rings. The number of aromatic nitrogens is 1. The SMILES string of the molecule is CCCCN(C)C(=O)c1cc(CC)nc(NCC)c1. The van der Waals surface area contributed by atoms with Gasteiger partial charge in [0, 0.05) is 31.4 Å². The van der Waals surface area contributed by atoms with Crippen LogP contribution in [0.2, 0.25) is 0 Å². The summed E-state index contributed by atoms with van der Waals surface area (Å²) in [6.07, 6.45) is 2.96. The summed E-state index contributed by atoms with van der Waals surface area (Å²) in [6, 6.07) is 3.74. The summed E-state index contributed by atoms with van der Waals surface area (Å²) in [6.45, 7) is 7.81. The summed E-state index contributed by atoms with van der Waals surface area (Å²) in [4.78, 5) is 18.6. The van der Waals surface area contributed by atoms with E-state index in [1.54, 1.807) is 4.90 Å². The summed E-state index contributed by atoms with van der Waals surface area (Å²) in [5.41, 5.74) is 1.67. The van der Waals surface area contributed by atoms with Gasteiger partial charge in [-0.05, 0) is 31.9 Å². The fourth-order valence-corrected chi connectivity index (χ4v) is 1.88. The first kappa shape index (κ1) is 15.5. The number of unbranched alkanes of at least 4 members (excludes halogenated alkanes) is 1. The number of pyridine rings is 1. The van der Waals surface area contributed by atoms with E-state index < -0.39 is 0 Å². The first-order valence-electron chi connectivity index (χ1n) is 7.12. The Morgan fingerprint density at radius 1 is 1.32 bits per heavy atom. The van der Waals surface area contributed by atoms with E-state index in [4.69, 9.17) is 0 Å². The van der Waals surface area contributed by atoms with E-state index in [-0.39, 0.29) is 5.91 Å². The van der Waals surface area contributed by atoms with Crippen molar-refractivity contribution in [3.8, 4) is 0 Å². The van der Waals surface area contributed by atoms with Gasteiger partial charge in [0.25, 0.3) is 5.91 Å².